The largest absolute Gasteiger partial charge is 0.361 e. The van der Waals surface area contributed by atoms with E-state index in [1.807, 2.05) is 66.9 Å². The second kappa shape index (κ2) is 11.6. The molecule has 1 saturated carbocycles. The second-order valence-electron chi connectivity index (χ2n) is 9.68. The molecule has 0 bridgehead atoms. The van der Waals surface area contributed by atoms with Crippen LogP contribution in [0.4, 0.5) is 0 Å². The monoisotopic (exact) mass is 514 g/mol. The van der Waals surface area contributed by atoms with Gasteiger partial charge in [0.25, 0.3) is 0 Å². The molecule has 7 heteroatoms. The van der Waals surface area contributed by atoms with Crippen molar-refractivity contribution in [1.82, 2.24) is 20.2 Å². The van der Waals surface area contributed by atoms with Crippen LogP contribution in [0.2, 0.25) is 5.02 Å². The van der Waals surface area contributed by atoms with Crippen LogP contribution in [0.1, 0.15) is 54.8 Å². The Morgan fingerprint density at radius 3 is 2.49 bits per heavy atom. The molecule has 2 heterocycles. The molecule has 4 aromatic rings. The van der Waals surface area contributed by atoms with E-state index in [2.05, 4.69) is 15.3 Å². The van der Waals surface area contributed by atoms with Crippen LogP contribution in [0.25, 0.3) is 10.9 Å². The van der Waals surface area contributed by atoms with Gasteiger partial charge in [0, 0.05) is 47.1 Å². The van der Waals surface area contributed by atoms with Crippen molar-refractivity contribution >= 4 is 34.3 Å². The Hall–Kier alpha value is -3.64. The summed E-state index contributed by atoms with van der Waals surface area (Å²) >= 11 is 6.53. The number of amides is 2. The molecule has 2 amide bonds. The second-order valence-corrected chi connectivity index (χ2v) is 10.1. The van der Waals surface area contributed by atoms with E-state index in [0.29, 0.717) is 5.02 Å². The van der Waals surface area contributed by atoms with Crippen molar-refractivity contribution in [1.29, 1.82) is 0 Å². The Morgan fingerprint density at radius 1 is 0.973 bits per heavy atom. The van der Waals surface area contributed by atoms with E-state index < -0.39 is 6.04 Å². The van der Waals surface area contributed by atoms with Gasteiger partial charge in [-0.25, -0.2) is 0 Å². The predicted octanol–water partition coefficient (Wildman–Crippen LogP) is 5.98. The maximum atomic E-state index is 14.1. The van der Waals surface area contributed by atoms with Crippen LogP contribution < -0.4 is 5.32 Å². The minimum atomic E-state index is -0.807. The van der Waals surface area contributed by atoms with Crippen molar-refractivity contribution in [2.45, 2.75) is 57.2 Å². The molecular formula is C30H31ClN4O2. The fourth-order valence-corrected chi connectivity index (χ4v) is 5.42. The summed E-state index contributed by atoms with van der Waals surface area (Å²) in [5.41, 5.74) is 3.39. The number of aromatic nitrogens is 2. The molecule has 1 aliphatic carbocycles. The molecule has 0 saturated heterocycles. The Morgan fingerprint density at radius 2 is 1.70 bits per heavy atom. The molecule has 0 unspecified atom stereocenters. The maximum absolute atomic E-state index is 14.1. The number of halogens is 1. The molecule has 1 atom stereocenters. The predicted molar refractivity (Wildman–Crippen MR) is 146 cm³/mol. The zero-order valence-corrected chi connectivity index (χ0v) is 21.5. The SMILES string of the molecule is O=C(NC1CCCCC1)[C@H](c1ccncc1)N(Cc1ccccc1Cl)C(=O)Cc1c[nH]c2ccccc12. The first-order valence-corrected chi connectivity index (χ1v) is 13.3. The highest BCUT2D eigenvalue weighted by Crippen LogP contribution is 2.29. The number of aromatic amines is 1. The van der Waals surface area contributed by atoms with E-state index >= 15 is 0 Å². The molecule has 0 aliphatic heterocycles. The van der Waals surface area contributed by atoms with E-state index in [0.717, 1.165) is 53.3 Å². The number of benzene rings is 2. The first kappa shape index (κ1) is 25.0. The van der Waals surface area contributed by atoms with Gasteiger partial charge in [0.2, 0.25) is 11.8 Å². The fraction of sp³-hybridized carbons (Fsp3) is 0.300. The Kier molecular flexibility index (Phi) is 7.85. The van der Waals surface area contributed by atoms with Crippen LogP contribution in [0.3, 0.4) is 0 Å². The first-order chi connectivity index (χ1) is 18.1. The van der Waals surface area contributed by atoms with Gasteiger partial charge in [0.1, 0.15) is 6.04 Å². The highest BCUT2D eigenvalue weighted by Gasteiger charge is 2.33. The minimum Gasteiger partial charge on any atom is -0.361 e. The van der Waals surface area contributed by atoms with Gasteiger partial charge in [-0.2, -0.15) is 0 Å². The number of nitrogens with zero attached hydrogens (tertiary/aromatic N) is 2. The van der Waals surface area contributed by atoms with Crippen molar-refractivity contribution in [3.8, 4) is 0 Å². The van der Waals surface area contributed by atoms with Gasteiger partial charge in [0.05, 0.1) is 6.42 Å². The molecule has 1 aliphatic rings. The summed E-state index contributed by atoms with van der Waals surface area (Å²) in [4.78, 5) is 37.0. The lowest BCUT2D eigenvalue weighted by atomic mass is 9.94. The van der Waals surface area contributed by atoms with E-state index in [9.17, 15) is 9.59 Å². The normalized spacial score (nSPS) is 14.8. The lowest BCUT2D eigenvalue weighted by molar-refractivity contribution is -0.141. The Balaban J connectivity index is 1.51. The van der Waals surface area contributed by atoms with E-state index in [4.69, 9.17) is 11.6 Å². The van der Waals surface area contributed by atoms with Crippen molar-refractivity contribution < 1.29 is 9.59 Å². The van der Waals surface area contributed by atoms with E-state index in [-0.39, 0.29) is 30.8 Å². The van der Waals surface area contributed by atoms with Crippen molar-refractivity contribution in [2.75, 3.05) is 0 Å². The molecule has 2 N–H and O–H groups in total. The van der Waals surface area contributed by atoms with Gasteiger partial charge in [-0.3, -0.25) is 14.6 Å². The van der Waals surface area contributed by atoms with E-state index in [1.54, 1.807) is 17.3 Å². The van der Waals surface area contributed by atoms with Gasteiger partial charge in [-0.1, -0.05) is 67.3 Å². The van der Waals surface area contributed by atoms with Gasteiger partial charge in [-0.05, 0) is 53.8 Å². The minimum absolute atomic E-state index is 0.122. The molecular weight excluding hydrogens is 484 g/mol. The van der Waals surface area contributed by atoms with Crippen LogP contribution in [-0.4, -0.2) is 32.7 Å². The number of pyridine rings is 1. The summed E-state index contributed by atoms with van der Waals surface area (Å²) < 4.78 is 0. The highest BCUT2D eigenvalue weighted by molar-refractivity contribution is 6.31. The number of H-pyrrole nitrogens is 1. The first-order valence-electron chi connectivity index (χ1n) is 12.9. The zero-order chi connectivity index (χ0) is 25.6. The summed E-state index contributed by atoms with van der Waals surface area (Å²) in [6, 6.07) is 18.3. The number of para-hydroxylation sites is 1. The van der Waals surface area contributed by atoms with Crippen molar-refractivity contribution in [2.24, 2.45) is 0 Å². The number of hydrogen-bond acceptors (Lipinski definition) is 3. The van der Waals surface area contributed by atoms with Gasteiger partial charge < -0.3 is 15.2 Å². The summed E-state index contributed by atoms with van der Waals surface area (Å²) in [6.07, 6.45) is 10.7. The van der Waals surface area contributed by atoms with Crippen molar-refractivity contribution in [3.05, 3.63) is 101 Å². The van der Waals surface area contributed by atoms with Crippen LogP contribution in [0, 0.1) is 0 Å². The lowest BCUT2D eigenvalue weighted by Gasteiger charge is -2.33. The summed E-state index contributed by atoms with van der Waals surface area (Å²) in [5, 5.41) is 4.81. The topological polar surface area (TPSA) is 78.1 Å². The van der Waals surface area contributed by atoms with Crippen molar-refractivity contribution in [3.63, 3.8) is 0 Å². The quantitative estimate of drug-likeness (QED) is 0.304. The van der Waals surface area contributed by atoms with Crippen LogP contribution in [-0.2, 0) is 22.6 Å². The molecule has 6 nitrogen and oxygen atoms in total. The number of nitrogens with one attached hydrogen (secondary N) is 2. The lowest BCUT2D eigenvalue weighted by Crippen LogP contribution is -2.47. The number of hydrogen-bond donors (Lipinski definition) is 2. The summed E-state index contributed by atoms with van der Waals surface area (Å²) in [6.45, 7) is 0.214. The molecule has 0 radical (unpaired) electrons. The molecule has 5 rings (SSSR count). The van der Waals surface area contributed by atoms with E-state index in [1.165, 1.54) is 6.42 Å². The third-order valence-electron chi connectivity index (χ3n) is 7.17. The van der Waals surface area contributed by atoms with Crippen LogP contribution >= 0.6 is 11.6 Å². The van der Waals surface area contributed by atoms with Gasteiger partial charge in [-0.15, -0.1) is 0 Å². The molecule has 1 fully saturated rings. The maximum Gasteiger partial charge on any atom is 0.247 e. The Bertz CT molecular complexity index is 1360. The van der Waals surface area contributed by atoms with Gasteiger partial charge in [0.15, 0.2) is 0 Å². The fourth-order valence-electron chi connectivity index (χ4n) is 5.22. The average Bonchev–Trinajstić information content (AvgIpc) is 3.33. The highest BCUT2D eigenvalue weighted by atomic mass is 35.5. The third-order valence-corrected chi connectivity index (χ3v) is 7.54. The summed E-state index contributed by atoms with van der Waals surface area (Å²) in [5.74, 6) is -0.317. The molecule has 0 spiro atoms. The molecule has 2 aromatic carbocycles. The molecule has 190 valence electrons. The number of rotatable bonds is 8. The zero-order valence-electron chi connectivity index (χ0n) is 20.7. The smallest absolute Gasteiger partial charge is 0.247 e. The molecule has 37 heavy (non-hydrogen) atoms. The molecule has 2 aromatic heterocycles. The number of carbonyl (C=O) groups is 2. The van der Waals surface area contributed by atoms with Gasteiger partial charge >= 0.3 is 0 Å². The van der Waals surface area contributed by atoms with Crippen LogP contribution in [0.15, 0.2) is 79.3 Å². The third kappa shape index (κ3) is 5.86. The number of carbonyl (C=O) groups excluding carboxylic acids is 2. The van der Waals surface area contributed by atoms with Crippen LogP contribution in [0.5, 0.6) is 0 Å². The number of fused-ring (bicyclic) bond motifs is 1. The Labute approximate surface area is 222 Å². The summed E-state index contributed by atoms with van der Waals surface area (Å²) in [7, 11) is 0. The standard InChI is InChI=1S/C30H31ClN4O2/c31-26-12-6-4-8-22(26)20-35(28(36)18-23-19-33-27-13-7-5-11-25(23)27)29(21-14-16-32-17-15-21)30(37)34-24-9-2-1-3-10-24/h4-8,11-17,19,24,29,33H,1-3,9-10,18,20H2,(H,34,37)/t29-/m0/s1. The average molecular weight is 515 g/mol.